The first kappa shape index (κ1) is 18.2. The predicted octanol–water partition coefficient (Wildman–Crippen LogP) is 2.91. The summed E-state index contributed by atoms with van der Waals surface area (Å²) in [7, 11) is 0. The van der Waals surface area contributed by atoms with Gasteiger partial charge in [-0.15, -0.1) is 0 Å². The zero-order chi connectivity index (χ0) is 17.7. The summed E-state index contributed by atoms with van der Waals surface area (Å²) in [4.78, 5) is 0. The monoisotopic (exact) mass is 347 g/mol. The average molecular weight is 347 g/mol. The molecule has 0 heterocycles. The first-order valence-electron chi connectivity index (χ1n) is 6.97. The largest absolute Gasteiger partial charge is 0.491 e. The number of benzene rings is 2. The van der Waals surface area contributed by atoms with E-state index in [0.29, 0.717) is 0 Å². The standard InChI is InChI=1S/C16H14F5NO2/c17-12-2-1-11(5-13(12)18)24-8-10(23)7-22-6-9-3-14(19)16(21)15(20)4-9/h1-5,10,22-23H,6-8H2. The topological polar surface area (TPSA) is 41.5 Å². The average Bonchev–Trinajstić information content (AvgIpc) is 2.53. The summed E-state index contributed by atoms with van der Waals surface area (Å²) in [6.07, 6.45) is -1.01. The van der Waals surface area contributed by atoms with E-state index in [4.69, 9.17) is 4.74 Å². The summed E-state index contributed by atoms with van der Waals surface area (Å²) in [5, 5.41) is 12.4. The fraction of sp³-hybridized carbons (Fsp3) is 0.250. The van der Waals surface area contributed by atoms with Gasteiger partial charge in [0.1, 0.15) is 18.5 Å². The Morgan fingerprint density at radius 3 is 2.21 bits per heavy atom. The molecule has 3 nitrogen and oxygen atoms in total. The lowest BCUT2D eigenvalue weighted by Gasteiger charge is -2.13. The van der Waals surface area contributed by atoms with Crippen LogP contribution < -0.4 is 10.1 Å². The van der Waals surface area contributed by atoms with E-state index in [-0.39, 0.29) is 31.0 Å². The Morgan fingerprint density at radius 2 is 1.58 bits per heavy atom. The van der Waals surface area contributed by atoms with Crippen molar-refractivity contribution in [1.82, 2.24) is 5.32 Å². The molecule has 0 saturated heterocycles. The second-order valence-corrected chi connectivity index (χ2v) is 5.05. The Bertz CT molecular complexity index is 688. The third-order valence-corrected chi connectivity index (χ3v) is 3.09. The number of rotatable bonds is 7. The number of aliphatic hydroxyl groups excluding tert-OH is 1. The van der Waals surface area contributed by atoms with E-state index in [2.05, 4.69) is 5.32 Å². The lowest BCUT2D eigenvalue weighted by Crippen LogP contribution is -2.31. The van der Waals surface area contributed by atoms with E-state index in [1.165, 1.54) is 6.07 Å². The molecule has 2 N–H and O–H groups in total. The maximum absolute atomic E-state index is 13.0. The van der Waals surface area contributed by atoms with Gasteiger partial charge in [0, 0.05) is 19.2 Å². The van der Waals surface area contributed by atoms with Crippen molar-refractivity contribution in [2.45, 2.75) is 12.6 Å². The number of aliphatic hydroxyl groups is 1. The summed E-state index contributed by atoms with van der Waals surface area (Å²) >= 11 is 0. The Morgan fingerprint density at radius 1 is 0.917 bits per heavy atom. The molecule has 0 fully saturated rings. The van der Waals surface area contributed by atoms with E-state index in [9.17, 15) is 27.1 Å². The summed E-state index contributed by atoms with van der Waals surface area (Å²) in [5.41, 5.74) is 0.167. The van der Waals surface area contributed by atoms with Crippen LogP contribution in [0.5, 0.6) is 5.75 Å². The molecule has 0 aliphatic carbocycles. The minimum Gasteiger partial charge on any atom is -0.491 e. The van der Waals surface area contributed by atoms with E-state index < -0.39 is 35.2 Å². The van der Waals surface area contributed by atoms with Gasteiger partial charge in [-0.05, 0) is 29.8 Å². The summed E-state index contributed by atoms with van der Waals surface area (Å²) in [5.74, 6) is -6.17. The number of hydrogen-bond donors (Lipinski definition) is 2. The molecule has 0 aliphatic heterocycles. The second kappa shape index (κ2) is 8.07. The minimum atomic E-state index is -1.54. The molecule has 1 atom stereocenters. The van der Waals surface area contributed by atoms with Gasteiger partial charge in [-0.3, -0.25) is 0 Å². The molecular weight excluding hydrogens is 333 g/mol. The highest BCUT2D eigenvalue weighted by atomic mass is 19.2. The van der Waals surface area contributed by atoms with Crippen LogP contribution in [0.2, 0.25) is 0 Å². The molecular formula is C16H14F5NO2. The van der Waals surface area contributed by atoms with E-state index in [1.807, 2.05) is 0 Å². The smallest absolute Gasteiger partial charge is 0.194 e. The van der Waals surface area contributed by atoms with Crippen LogP contribution in [0.1, 0.15) is 5.56 Å². The van der Waals surface area contributed by atoms with Gasteiger partial charge < -0.3 is 15.2 Å². The summed E-state index contributed by atoms with van der Waals surface area (Å²) < 4.78 is 69.7. The normalized spacial score (nSPS) is 12.2. The first-order chi connectivity index (χ1) is 11.4. The minimum absolute atomic E-state index is 0.00361. The number of halogens is 5. The fourth-order valence-corrected chi connectivity index (χ4v) is 1.91. The lowest BCUT2D eigenvalue weighted by molar-refractivity contribution is 0.106. The molecule has 2 rings (SSSR count). The molecule has 0 radical (unpaired) electrons. The SMILES string of the molecule is OC(CNCc1cc(F)c(F)c(F)c1)COc1ccc(F)c(F)c1. The maximum Gasteiger partial charge on any atom is 0.194 e. The van der Waals surface area contributed by atoms with Crippen LogP contribution in [0.4, 0.5) is 22.0 Å². The van der Waals surface area contributed by atoms with Gasteiger partial charge in [0.05, 0.1) is 0 Å². The van der Waals surface area contributed by atoms with Crippen LogP contribution in [0, 0.1) is 29.1 Å². The maximum atomic E-state index is 13.0. The molecule has 8 heteroatoms. The molecule has 130 valence electrons. The van der Waals surface area contributed by atoms with Gasteiger partial charge in [-0.2, -0.15) is 0 Å². The van der Waals surface area contributed by atoms with E-state index in [1.54, 1.807) is 0 Å². The van der Waals surface area contributed by atoms with Crippen molar-refractivity contribution in [1.29, 1.82) is 0 Å². The van der Waals surface area contributed by atoms with Crippen molar-refractivity contribution in [3.63, 3.8) is 0 Å². The second-order valence-electron chi connectivity index (χ2n) is 5.05. The molecule has 0 bridgehead atoms. The lowest BCUT2D eigenvalue weighted by atomic mass is 10.2. The molecule has 0 aliphatic rings. The van der Waals surface area contributed by atoms with Crippen LogP contribution in [0.15, 0.2) is 30.3 Å². The van der Waals surface area contributed by atoms with Crippen LogP contribution >= 0.6 is 0 Å². The van der Waals surface area contributed by atoms with Crippen molar-refractivity contribution in [3.8, 4) is 5.75 Å². The molecule has 24 heavy (non-hydrogen) atoms. The Balaban J connectivity index is 1.77. The zero-order valence-electron chi connectivity index (χ0n) is 12.3. The molecule has 2 aromatic rings. The Hall–Kier alpha value is -2.19. The number of nitrogens with one attached hydrogen (secondary N) is 1. The third kappa shape index (κ3) is 4.90. The molecule has 0 amide bonds. The van der Waals surface area contributed by atoms with Gasteiger partial charge in [0.25, 0.3) is 0 Å². The van der Waals surface area contributed by atoms with Gasteiger partial charge in [-0.25, -0.2) is 22.0 Å². The predicted molar refractivity (Wildman–Crippen MR) is 75.9 cm³/mol. The van der Waals surface area contributed by atoms with E-state index in [0.717, 1.165) is 24.3 Å². The molecule has 0 saturated carbocycles. The quantitative estimate of drug-likeness (QED) is 0.598. The summed E-state index contributed by atoms with van der Waals surface area (Å²) in [6.45, 7) is -0.204. The zero-order valence-corrected chi connectivity index (χ0v) is 12.3. The highest BCUT2D eigenvalue weighted by molar-refractivity contribution is 5.23. The van der Waals surface area contributed by atoms with Crippen molar-refractivity contribution < 1.29 is 31.8 Å². The first-order valence-corrected chi connectivity index (χ1v) is 6.97. The number of ether oxygens (including phenoxy) is 1. The molecule has 1 unspecified atom stereocenters. The fourth-order valence-electron chi connectivity index (χ4n) is 1.91. The number of hydrogen-bond acceptors (Lipinski definition) is 3. The van der Waals surface area contributed by atoms with Gasteiger partial charge in [0.15, 0.2) is 29.1 Å². The molecule has 2 aromatic carbocycles. The van der Waals surface area contributed by atoms with Crippen LogP contribution in [0.25, 0.3) is 0 Å². The molecule has 0 aromatic heterocycles. The van der Waals surface area contributed by atoms with Crippen LogP contribution in [0.3, 0.4) is 0 Å². The molecule has 0 spiro atoms. The highest BCUT2D eigenvalue weighted by Crippen LogP contribution is 2.16. The summed E-state index contributed by atoms with van der Waals surface area (Å²) in [6, 6.07) is 4.64. The third-order valence-electron chi connectivity index (χ3n) is 3.09. The highest BCUT2D eigenvalue weighted by Gasteiger charge is 2.11. The van der Waals surface area contributed by atoms with E-state index >= 15 is 0 Å². The van der Waals surface area contributed by atoms with Gasteiger partial charge in [-0.1, -0.05) is 0 Å². The van der Waals surface area contributed by atoms with Crippen molar-refractivity contribution in [2.75, 3.05) is 13.2 Å². The van der Waals surface area contributed by atoms with Crippen molar-refractivity contribution in [3.05, 3.63) is 65.0 Å². The Labute approximate surface area is 134 Å². The van der Waals surface area contributed by atoms with Crippen LogP contribution in [-0.2, 0) is 6.54 Å². The van der Waals surface area contributed by atoms with Gasteiger partial charge in [0.2, 0.25) is 0 Å². The van der Waals surface area contributed by atoms with Crippen LogP contribution in [-0.4, -0.2) is 24.4 Å². The van der Waals surface area contributed by atoms with Crippen molar-refractivity contribution >= 4 is 0 Å². The van der Waals surface area contributed by atoms with Gasteiger partial charge >= 0.3 is 0 Å². The van der Waals surface area contributed by atoms with Crippen molar-refractivity contribution in [2.24, 2.45) is 0 Å². The Kier molecular flexibility index (Phi) is 6.10.